The third-order valence-electron chi connectivity index (χ3n) is 7.17. The number of sulfonamides is 1. The molecule has 0 aliphatic rings. The van der Waals surface area contributed by atoms with Crippen molar-refractivity contribution in [1.29, 1.82) is 0 Å². The zero-order chi connectivity index (χ0) is 30.3. The first-order valence-electron chi connectivity index (χ1n) is 13.9. The first kappa shape index (κ1) is 32.3. The molecule has 3 aromatic carbocycles. The smallest absolute Gasteiger partial charge is 0.264 e. The van der Waals surface area contributed by atoms with Gasteiger partial charge < -0.3 is 10.2 Å². The summed E-state index contributed by atoms with van der Waals surface area (Å²) >= 11 is 3.43. The van der Waals surface area contributed by atoms with Crippen LogP contribution < -0.4 is 9.62 Å². The molecule has 0 saturated heterocycles. The second-order valence-electron chi connectivity index (χ2n) is 10.7. The maximum atomic E-state index is 14.0. The summed E-state index contributed by atoms with van der Waals surface area (Å²) in [4.78, 5) is 28.7. The van der Waals surface area contributed by atoms with Gasteiger partial charge in [0.1, 0.15) is 12.6 Å². The van der Waals surface area contributed by atoms with Gasteiger partial charge in [-0.2, -0.15) is 0 Å². The highest BCUT2D eigenvalue weighted by Crippen LogP contribution is 2.27. The summed E-state index contributed by atoms with van der Waals surface area (Å²) in [5.41, 5.74) is 3.18. The Morgan fingerprint density at radius 2 is 1.46 bits per heavy atom. The highest BCUT2D eigenvalue weighted by molar-refractivity contribution is 9.10. The van der Waals surface area contributed by atoms with Gasteiger partial charge in [-0.05, 0) is 80.6 Å². The maximum Gasteiger partial charge on any atom is 0.264 e. The summed E-state index contributed by atoms with van der Waals surface area (Å²) in [5.74, 6) is -0.513. The molecule has 0 aliphatic heterocycles. The number of rotatable bonds is 12. The largest absolute Gasteiger partial charge is 0.352 e. The average molecular weight is 643 g/mol. The Labute approximate surface area is 253 Å². The Kier molecular flexibility index (Phi) is 11.2. The minimum Gasteiger partial charge on any atom is -0.352 e. The number of hydrogen-bond donors (Lipinski definition) is 1. The van der Waals surface area contributed by atoms with E-state index in [9.17, 15) is 18.0 Å². The quantitative estimate of drug-likeness (QED) is 0.248. The molecule has 7 nitrogen and oxygen atoms in total. The Morgan fingerprint density at radius 1 is 0.878 bits per heavy atom. The van der Waals surface area contributed by atoms with Gasteiger partial charge in [-0.1, -0.05) is 78.7 Å². The van der Waals surface area contributed by atoms with E-state index in [-0.39, 0.29) is 29.3 Å². The number of benzene rings is 3. The number of nitrogens with one attached hydrogen (secondary N) is 1. The number of hydrogen-bond acceptors (Lipinski definition) is 4. The number of carbonyl (C=O) groups excluding carboxylic acids is 2. The van der Waals surface area contributed by atoms with E-state index in [1.807, 2.05) is 57.2 Å². The van der Waals surface area contributed by atoms with Crippen LogP contribution in [-0.2, 0) is 26.2 Å². The number of carbonyl (C=O) groups is 2. The minimum atomic E-state index is -4.10. The number of nitrogens with zero attached hydrogens (tertiary/aromatic N) is 2. The van der Waals surface area contributed by atoms with Crippen molar-refractivity contribution in [1.82, 2.24) is 10.2 Å². The Morgan fingerprint density at radius 3 is 2.00 bits per heavy atom. The lowest BCUT2D eigenvalue weighted by atomic mass is 10.0. The molecule has 41 heavy (non-hydrogen) atoms. The molecular weight excluding hydrogens is 602 g/mol. The molecule has 0 unspecified atom stereocenters. The summed E-state index contributed by atoms with van der Waals surface area (Å²) in [6, 6.07) is 20.4. The topological polar surface area (TPSA) is 86.8 Å². The summed E-state index contributed by atoms with van der Waals surface area (Å²) in [5, 5.41) is 2.95. The molecule has 0 heterocycles. The highest BCUT2D eigenvalue weighted by Gasteiger charge is 2.32. The van der Waals surface area contributed by atoms with Gasteiger partial charge >= 0.3 is 0 Å². The zero-order valence-electron chi connectivity index (χ0n) is 24.6. The molecule has 0 aliphatic carbocycles. The standard InChI is InChI=1S/C32H40BrN3O4S/c1-7-24(5)34-32(38)25(6)35(20-26-10-14-28(33)15-11-26)31(37)21-36(29-16-12-27(13-17-29)22(2)3)41(39,40)30-18-8-23(4)9-19-30/h8-19,22,24-25H,7,20-21H2,1-6H3,(H,34,38)/t24-,25+/m1/s1. The third kappa shape index (κ3) is 8.42. The Balaban J connectivity index is 2.03. The molecule has 0 spiro atoms. The fraction of sp³-hybridized carbons (Fsp3) is 0.375. The van der Waals surface area contributed by atoms with Crippen molar-refractivity contribution in [3.63, 3.8) is 0 Å². The first-order chi connectivity index (χ1) is 19.3. The number of aryl methyl sites for hydroxylation is 1. The molecule has 0 saturated carbocycles. The average Bonchev–Trinajstić information content (AvgIpc) is 2.95. The number of amides is 2. The van der Waals surface area contributed by atoms with Crippen molar-refractivity contribution in [3.05, 3.63) is 94.0 Å². The minimum absolute atomic E-state index is 0.0625. The van der Waals surface area contributed by atoms with E-state index in [2.05, 4.69) is 35.1 Å². The van der Waals surface area contributed by atoms with Crippen LogP contribution in [0, 0.1) is 6.92 Å². The third-order valence-corrected chi connectivity index (χ3v) is 9.49. The molecule has 2 amide bonds. The molecule has 0 aromatic heterocycles. The molecule has 9 heteroatoms. The van der Waals surface area contributed by atoms with E-state index in [1.54, 1.807) is 43.3 Å². The van der Waals surface area contributed by atoms with Crippen LogP contribution in [0.3, 0.4) is 0 Å². The van der Waals surface area contributed by atoms with Crippen LogP contribution in [0.5, 0.6) is 0 Å². The predicted molar refractivity (Wildman–Crippen MR) is 168 cm³/mol. The van der Waals surface area contributed by atoms with Crippen LogP contribution in [0.25, 0.3) is 0 Å². The van der Waals surface area contributed by atoms with Crippen LogP contribution >= 0.6 is 15.9 Å². The van der Waals surface area contributed by atoms with Gasteiger partial charge in [0, 0.05) is 17.1 Å². The van der Waals surface area contributed by atoms with E-state index < -0.39 is 28.5 Å². The van der Waals surface area contributed by atoms with Crippen molar-refractivity contribution in [2.24, 2.45) is 0 Å². The van der Waals surface area contributed by atoms with E-state index in [0.29, 0.717) is 5.69 Å². The molecular formula is C32H40BrN3O4S. The molecule has 0 bridgehead atoms. The number of anilines is 1. The molecule has 220 valence electrons. The monoisotopic (exact) mass is 641 g/mol. The molecule has 0 radical (unpaired) electrons. The molecule has 1 N–H and O–H groups in total. The number of halogens is 1. The highest BCUT2D eigenvalue weighted by atomic mass is 79.9. The fourth-order valence-corrected chi connectivity index (χ4v) is 5.90. The van der Waals surface area contributed by atoms with E-state index >= 15 is 0 Å². The predicted octanol–water partition coefficient (Wildman–Crippen LogP) is 6.41. The van der Waals surface area contributed by atoms with Gasteiger partial charge in [0.2, 0.25) is 11.8 Å². The van der Waals surface area contributed by atoms with Crippen molar-refractivity contribution in [3.8, 4) is 0 Å². The van der Waals surface area contributed by atoms with E-state index in [4.69, 9.17) is 0 Å². The van der Waals surface area contributed by atoms with Gasteiger partial charge in [0.25, 0.3) is 10.0 Å². The van der Waals surface area contributed by atoms with Crippen LogP contribution in [0.1, 0.15) is 63.6 Å². The fourth-order valence-electron chi connectivity index (χ4n) is 4.23. The van der Waals surface area contributed by atoms with Crippen LogP contribution in [0.2, 0.25) is 0 Å². The normalized spacial score (nSPS) is 13.0. The maximum absolute atomic E-state index is 14.0. The molecule has 0 fully saturated rings. The van der Waals surface area contributed by atoms with Crippen LogP contribution in [-0.4, -0.2) is 43.8 Å². The van der Waals surface area contributed by atoms with E-state index in [0.717, 1.165) is 31.9 Å². The van der Waals surface area contributed by atoms with Crippen molar-refractivity contribution in [2.45, 2.75) is 77.4 Å². The first-order valence-corrected chi connectivity index (χ1v) is 16.1. The Bertz CT molecular complexity index is 1420. The summed E-state index contributed by atoms with van der Waals surface area (Å²) in [7, 11) is -4.10. The van der Waals surface area contributed by atoms with Crippen molar-refractivity contribution >= 4 is 43.5 Å². The summed E-state index contributed by atoms with van der Waals surface area (Å²) < 4.78 is 30.0. The molecule has 3 rings (SSSR count). The second-order valence-corrected chi connectivity index (χ2v) is 13.5. The lowest BCUT2D eigenvalue weighted by Crippen LogP contribution is -2.52. The summed E-state index contributed by atoms with van der Waals surface area (Å²) in [6.07, 6.45) is 0.744. The van der Waals surface area contributed by atoms with Crippen molar-refractivity contribution < 1.29 is 18.0 Å². The molecule has 3 aromatic rings. The lowest BCUT2D eigenvalue weighted by Gasteiger charge is -2.32. The van der Waals surface area contributed by atoms with Crippen molar-refractivity contribution in [2.75, 3.05) is 10.8 Å². The lowest BCUT2D eigenvalue weighted by molar-refractivity contribution is -0.139. The van der Waals surface area contributed by atoms with Gasteiger partial charge in [-0.15, -0.1) is 0 Å². The summed E-state index contributed by atoms with van der Waals surface area (Å²) in [6.45, 7) is 11.2. The van der Waals surface area contributed by atoms with Gasteiger partial charge in [0.15, 0.2) is 0 Å². The van der Waals surface area contributed by atoms with Gasteiger partial charge in [0.05, 0.1) is 10.6 Å². The van der Waals surface area contributed by atoms with Crippen LogP contribution in [0.4, 0.5) is 5.69 Å². The molecule has 2 atom stereocenters. The van der Waals surface area contributed by atoms with Crippen LogP contribution in [0.15, 0.2) is 82.2 Å². The SMILES string of the molecule is CC[C@@H](C)NC(=O)[C@H](C)N(Cc1ccc(Br)cc1)C(=O)CN(c1ccc(C(C)C)cc1)S(=O)(=O)c1ccc(C)cc1. The van der Waals surface area contributed by atoms with Gasteiger partial charge in [-0.3, -0.25) is 13.9 Å². The van der Waals surface area contributed by atoms with Gasteiger partial charge in [-0.25, -0.2) is 8.42 Å². The van der Waals surface area contributed by atoms with E-state index in [1.165, 1.54) is 4.90 Å². The second kappa shape index (κ2) is 14.1. The Hall–Kier alpha value is -3.17. The zero-order valence-corrected chi connectivity index (χ0v) is 27.0.